The number of nitrogens with zero attached hydrogens (tertiary/aromatic N) is 2. The molecule has 8 nitrogen and oxygen atoms in total. The third kappa shape index (κ3) is 5.89. The van der Waals surface area contributed by atoms with Gasteiger partial charge in [0.1, 0.15) is 11.6 Å². The molecule has 1 aromatic carbocycles. The minimum Gasteiger partial charge on any atom is -0.493 e. The fraction of sp³-hybridized carbons (Fsp3) is 0.500. The van der Waals surface area contributed by atoms with Gasteiger partial charge in [-0.15, -0.1) is 0 Å². The number of esters is 1. The third-order valence-corrected chi connectivity index (χ3v) is 5.08. The van der Waals surface area contributed by atoms with Crippen LogP contribution in [0, 0.1) is 17.2 Å². The van der Waals surface area contributed by atoms with Crippen molar-refractivity contribution in [2.45, 2.75) is 32.7 Å². The van der Waals surface area contributed by atoms with Crippen LogP contribution in [0.4, 0.5) is 0 Å². The molecule has 1 unspecified atom stereocenters. The molecule has 0 radical (unpaired) electrons. The summed E-state index contributed by atoms with van der Waals surface area (Å²) in [7, 11) is 3.11. The van der Waals surface area contributed by atoms with Gasteiger partial charge in [-0.05, 0) is 44.4 Å². The second kappa shape index (κ2) is 11.1. The van der Waals surface area contributed by atoms with E-state index in [-0.39, 0.29) is 23.5 Å². The number of likely N-dealkylation sites (tertiary alicyclic amines) is 1. The van der Waals surface area contributed by atoms with Gasteiger partial charge in [0, 0.05) is 19.3 Å². The number of nitriles is 1. The molecular formula is C22H29N3O5. The lowest BCUT2D eigenvalue weighted by atomic mass is 9.97. The van der Waals surface area contributed by atoms with Crippen molar-refractivity contribution < 1.29 is 23.8 Å². The molecule has 1 aliphatic heterocycles. The summed E-state index contributed by atoms with van der Waals surface area (Å²) in [6.45, 7) is 5.17. The minimum absolute atomic E-state index is 0.0249. The lowest BCUT2D eigenvalue weighted by Gasteiger charge is -2.30. The molecule has 1 aliphatic rings. The average Bonchev–Trinajstić information content (AvgIpc) is 2.77. The number of carbonyl (C=O) groups is 2. The molecule has 1 N–H and O–H groups in total. The Balaban J connectivity index is 1.99. The lowest BCUT2D eigenvalue weighted by molar-refractivity contribution is -0.149. The molecule has 2 rings (SSSR count). The summed E-state index contributed by atoms with van der Waals surface area (Å²) in [6, 6.07) is 7.04. The number of hydrogen-bond acceptors (Lipinski definition) is 7. The number of amides is 1. The van der Waals surface area contributed by atoms with Crippen LogP contribution in [0.2, 0.25) is 0 Å². The smallest absolute Gasteiger partial charge is 0.309 e. The first-order valence-electron chi connectivity index (χ1n) is 9.98. The molecule has 0 bridgehead atoms. The van der Waals surface area contributed by atoms with Crippen LogP contribution < -0.4 is 14.8 Å². The van der Waals surface area contributed by atoms with E-state index in [2.05, 4.69) is 5.32 Å². The molecule has 1 saturated heterocycles. The van der Waals surface area contributed by atoms with Gasteiger partial charge in [0.2, 0.25) is 0 Å². The summed E-state index contributed by atoms with van der Waals surface area (Å²) in [5, 5.41) is 12.3. The Bertz CT molecular complexity index is 823. The Hall–Kier alpha value is -3.21. The molecule has 1 fully saturated rings. The number of carbonyl (C=O) groups excluding carboxylic acids is 2. The summed E-state index contributed by atoms with van der Waals surface area (Å²) < 4.78 is 15.6. The van der Waals surface area contributed by atoms with Crippen molar-refractivity contribution in [2.75, 3.05) is 33.9 Å². The molecule has 162 valence electrons. The van der Waals surface area contributed by atoms with Gasteiger partial charge in [-0.1, -0.05) is 6.07 Å². The molecule has 0 aromatic heterocycles. The van der Waals surface area contributed by atoms with E-state index in [0.717, 1.165) is 5.56 Å². The van der Waals surface area contributed by atoms with Crippen molar-refractivity contribution in [1.82, 2.24) is 10.2 Å². The topological polar surface area (TPSA) is 101 Å². The molecule has 0 spiro atoms. The highest BCUT2D eigenvalue weighted by molar-refractivity contribution is 5.97. The van der Waals surface area contributed by atoms with Crippen molar-refractivity contribution in [3.8, 4) is 17.6 Å². The Labute approximate surface area is 177 Å². The summed E-state index contributed by atoms with van der Waals surface area (Å²) >= 11 is 0. The second-order valence-electron chi connectivity index (χ2n) is 7.03. The van der Waals surface area contributed by atoms with E-state index in [9.17, 15) is 14.9 Å². The highest BCUT2D eigenvalue weighted by Gasteiger charge is 2.25. The van der Waals surface area contributed by atoms with Crippen LogP contribution in [0.25, 0.3) is 0 Å². The number of rotatable bonds is 8. The Morgan fingerprint density at radius 3 is 2.50 bits per heavy atom. The minimum atomic E-state index is -0.452. The number of ether oxygens (including phenoxy) is 3. The lowest BCUT2D eigenvalue weighted by Crippen LogP contribution is -2.35. The van der Waals surface area contributed by atoms with E-state index in [0.29, 0.717) is 44.0 Å². The number of piperidine rings is 1. The van der Waals surface area contributed by atoms with E-state index in [1.807, 2.05) is 24.0 Å². The Morgan fingerprint density at radius 2 is 1.93 bits per heavy atom. The zero-order chi connectivity index (χ0) is 22.1. The van der Waals surface area contributed by atoms with Gasteiger partial charge in [0.25, 0.3) is 5.91 Å². The maximum atomic E-state index is 12.6. The maximum Gasteiger partial charge on any atom is 0.309 e. The molecule has 0 saturated carbocycles. The van der Waals surface area contributed by atoms with Crippen LogP contribution in [0.1, 0.15) is 38.3 Å². The van der Waals surface area contributed by atoms with E-state index in [4.69, 9.17) is 14.2 Å². The van der Waals surface area contributed by atoms with Crippen LogP contribution in [0.5, 0.6) is 11.5 Å². The molecular weight excluding hydrogens is 386 g/mol. The Kier molecular flexibility index (Phi) is 8.54. The van der Waals surface area contributed by atoms with Gasteiger partial charge in [-0.3, -0.25) is 9.59 Å². The molecule has 1 atom stereocenters. The highest BCUT2D eigenvalue weighted by atomic mass is 16.5. The van der Waals surface area contributed by atoms with Crippen molar-refractivity contribution in [2.24, 2.45) is 5.92 Å². The van der Waals surface area contributed by atoms with E-state index in [1.165, 1.54) is 0 Å². The summed E-state index contributed by atoms with van der Waals surface area (Å²) in [5.41, 5.74) is 0.852. The van der Waals surface area contributed by atoms with Gasteiger partial charge in [-0.25, -0.2) is 0 Å². The normalized spacial score (nSPS) is 15.7. The van der Waals surface area contributed by atoms with Crippen molar-refractivity contribution in [1.29, 1.82) is 5.26 Å². The Morgan fingerprint density at radius 1 is 1.27 bits per heavy atom. The highest BCUT2D eigenvalue weighted by Crippen LogP contribution is 2.30. The average molecular weight is 415 g/mol. The predicted octanol–water partition coefficient (Wildman–Crippen LogP) is 2.56. The first-order chi connectivity index (χ1) is 14.4. The fourth-order valence-electron chi connectivity index (χ4n) is 3.33. The van der Waals surface area contributed by atoms with Crippen LogP contribution >= 0.6 is 0 Å². The molecule has 1 aromatic rings. The summed E-state index contributed by atoms with van der Waals surface area (Å²) in [6.07, 6.45) is 2.84. The van der Waals surface area contributed by atoms with Gasteiger partial charge in [-0.2, -0.15) is 5.26 Å². The molecule has 8 heteroatoms. The van der Waals surface area contributed by atoms with Crippen molar-refractivity contribution in [3.05, 3.63) is 35.5 Å². The molecule has 1 heterocycles. The third-order valence-electron chi connectivity index (χ3n) is 5.08. The first-order valence-corrected chi connectivity index (χ1v) is 9.98. The van der Waals surface area contributed by atoms with Gasteiger partial charge in [0.05, 0.1) is 32.8 Å². The van der Waals surface area contributed by atoms with Gasteiger partial charge >= 0.3 is 5.97 Å². The second-order valence-corrected chi connectivity index (χ2v) is 7.03. The first kappa shape index (κ1) is 23.1. The monoisotopic (exact) mass is 415 g/mol. The summed E-state index contributed by atoms with van der Waals surface area (Å²) in [5.74, 6) is 0.412. The molecule has 30 heavy (non-hydrogen) atoms. The zero-order valence-corrected chi connectivity index (χ0v) is 17.9. The van der Waals surface area contributed by atoms with Gasteiger partial charge < -0.3 is 24.4 Å². The van der Waals surface area contributed by atoms with Crippen molar-refractivity contribution >= 4 is 11.9 Å². The van der Waals surface area contributed by atoms with E-state index < -0.39 is 5.91 Å². The maximum absolute atomic E-state index is 12.6. The molecule has 1 amide bonds. The van der Waals surface area contributed by atoms with Crippen LogP contribution in [-0.2, 0) is 14.3 Å². The van der Waals surface area contributed by atoms with Crippen LogP contribution in [0.3, 0.4) is 0 Å². The fourth-order valence-corrected chi connectivity index (χ4v) is 3.33. The number of hydrogen-bond donors (Lipinski definition) is 1. The van der Waals surface area contributed by atoms with Crippen molar-refractivity contribution in [3.63, 3.8) is 0 Å². The number of methoxy groups -OCH3 is 2. The summed E-state index contributed by atoms with van der Waals surface area (Å²) in [4.78, 5) is 26.4. The largest absolute Gasteiger partial charge is 0.493 e. The SMILES string of the molecule is CCOC(=O)C1CCN(/C=C(/C#N)C(=O)NC(C)c2ccc(OC)c(OC)c2)CC1. The van der Waals surface area contributed by atoms with Gasteiger partial charge in [0.15, 0.2) is 11.5 Å². The predicted molar refractivity (Wildman–Crippen MR) is 111 cm³/mol. The zero-order valence-electron chi connectivity index (χ0n) is 17.9. The quantitative estimate of drug-likeness (QED) is 0.396. The van der Waals surface area contributed by atoms with Crippen LogP contribution in [0.15, 0.2) is 30.0 Å². The number of nitrogens with one attached hydrogen (secondary N) is 1. The number of benzene rings is 1. The standard InChI is InChI=1S/C22H29N3O5/c1-5-30-22(27)16-8-10-25(11-9-16)14-18(13-23)21(26)24-15(2)17-6-7-19(28-3)20(12-17)29-4/h6-7,12,14-16H,5,8-11H2,1-4H3,(H,24,26)/b18-14-. The van der Waals surface area contributed by atoms with E-state index >= 15 is 0 Å². The molecule has 0 aliphatic carbocycles. The van der Waals surface area contributed by atoms with Crippen LogP contribution in [-0.4, -0.2) is 50.7 Å². The van der Waals surface area contributed by atoms with E-state index in [1.54, 1.807) is 39.5 Å².